The van der Waals surface area contributed by atoms with Crippen molar-refractivity contribution in [2.24, 2.45) is 0 Å². The van der Waals surface area contributed by atoms with Gasteiger partial charge in [-0.15, -0.1) is 0 Å². The summed E-state index contributed by atoms with van der Waals surface area (Å²) in [5.41, 5.74) is 0. The molecule has 1 N–H and O–H groups in total. The summed E-state index contributed by atoms with van der Waals surface area (Å²) in [6.45, 7) is 0.964. The van der Waals surface area contributed by atoms with E-state index >= 15 is 0 Å². The molecule has 1 aromatic carbocycles. The van der Waals surface area contributed by atoms with Gasteiger partial charge in [0.25, 0.3) is 0 Å². The van der Waals surface area contributed by atoms with Gasteiger partial charge in [0, 0.05) is 19.1 Å². The second-order valence-electron chi connectivity index (χ2n) is 5.38. The van der Waals surface area contributed by atoms with Crippen LogP contribution >= 0.6 is 0 Å². The molecule has 1 heterocycles. The van der Waals surface area contributed by atoms with Crippen molar-refractivity contribution in [1.82, 2.24) is 4.90 Å². The first-order valence-electron chi connectivity index (χ1n) is 7.21. The van der Waals surface area contributed by atoms with Crippen molar-refractivity contribution >= 4 is 15.8 Å². The van der Waals surface area contributed by atoms with E-state index in [1.165, 1.54) is 7.11 Å². The van der Waals surface area contributed by atoms with Gasteiger partial charge in [0.05, 0.1) is 30.3 Å². The minimum atomic E-state index is -3.47. The highest BCUT2D eigenvalue weighted by molar-refractivity contribution is 7.91. The summed E-state index contributed by atoms with van der Waals surface area (Å²) in [5, 5.41) is 10.1. The summed E-state index contributed by atoms with van der Waals surface area (Å²) in [6, 6.07) is 7.71. The first-order valence-corrected chi connectivity index (χ1v) is 8.86. The van der Waals surface area contributed by atoms with Crippen LogP contribution in [-0.2, 0) is 19.4 Å². The van der Waals surface area contributed by atoms with Gasteiger partial charge in [0.15, 0.2) is 9.84 Å². The molecule has 0 aromatic heterocycles. The molecule has 1 fully saturated rings. The van der Waals surface area contributed by atoms with Gasteiger partial charge in [0.1, 0.15) is 0 Å². The van der Waals surface area contributed by atoms with Gasteiger partial charge >= 0.3 is 5.97 Å². The fourth-order valence-electron chi connectivity index (χ4n) is 2.68. The van der Waals surface area contributed by atoms with Crippen LogP contribution in [0.1, 0.15) is 12.8 Å². The summed E-state index contributed by atoms with van der Waals surface area (Å²) in [6.07, 6.45) is -0.00234. The number of carbonyl (C=O) groups excluding carboxylic acids is 1. The maximum absolute atomic E-state index is 12.4. The number of hydrogen-bond donors (Lipinski definition) is 1. The topological polar surface area (TPSA) is 83.9 Å². The summed E-state index contributed by atoms with van der Waals surface area (Å²) < 4.78 is 29.5. The number of aliphatic hydroxyl groups excluding tert-OH is 1. The molecule has 0 amide bonds. The molecular formula is C15H21NO5S. The van der Waals surface area contributed by atoms with Gasteiger partial charge in [-0.1, -0.05) is 18.2 Å². The van der Waals surface area contributed by atoms with Crippen LogP contribution in [0.2, 0.25) is 0 Å². The van der Waals surface area contributed by atoms with Crippen molar-refractivity contribution in [3.05, 3.63) is 30.3 Å². The fraction of sp³-hybridized carbons (Fsp3) is 0.533. The van der Waals surface area contributed by atoms with Crippen LogP contribution in [0.15, 0.2) is 35.2 Å². The van der Waals surface area contributed by atoms with Crippen LogP contribution in [0.5, 0.6) is 0 Å². The Morgan fingerprint density at radius 3 is 2.68 bits per heavy atom. The van der Waals surface area contributed by atoms with Gasteiger partial charge in [0.2, 0.25) is 0 Å². The Kier molecular flexibility index (Phi) is 5.55. The largest absolute Gasteiger partial charge is 0.469 e. The van der Waals surface area contributed by atoms with Gasteiger partial charge in [-0.05, 0) is 18.6 Å². The van der Waals surface area contributed by atoms with Crippen molar-refractivity contribution in [1.29, 1.82) is 0 Å². The summed E-state index contributed by atoms with van der Waals surface area (Å²) in [5.74, 6) is -0.495. The zero-order valence-electron chi connectivity index (χ0n) is 12.5. The lowest BCUT2D eigenvalue weighted by molar-refractivity contribution is -0.141. The number of esters is 1. The minimum absolute atomic E-state index is 0.153. The molecule has 0 unspecified atom stereocenters. The molecule has 1 aromatic rings. The highest BCUT2D eigenvalue weighted by Gasteiger charge is 2.36. The third-order valence-electron chi connectivity index (χ3n) is 3.95. The van der Waals surface area contributed by atoms with E-state index in [1.807, 2.05) is 4.90 Å². The molecule has 0 bridgehead atoms. The van der Waals surface area contributed by atoms with Crippen molar-refractivity contribution in [2.45, 2.75) is 29.9 Å². The number of nitrogens with zero attached hydrogens (tertiary/aromatic N) is 1. The lowest BCUT2D eigenvalue weighted by atomic mass is 10.2. The highest BCUT2D eigenvalue weighted by atomic mass is 32.2. The Morgan fingerprint density at radius 1 is 1.36 bits per heavy atom. The minimum Gasteiger partial charge on any atom is -0.469 e. The molecule has 0 spiro atoms. The maximum atomic E-state index is 12.4. The van der Waals surface area contributed by atoms with E-state index in [4.69, 9.17) is 0 Å². The molecule has 0 aliphatic carbocycles. The SMILES string of the molecule is COC(=O)CCN1CC[C@H](O)[C@@H]1CS(=O)(=O)c1ccccc1. The Morgan fingerprint density at radius 2 is 2.05 bits per heavy atom. The van der Waals surface area contributed by atoms with E-state index in [-0.39, 0.29) is 23.0 Å². The lowest BCUT2D eigenvalue weighted by Crippen LogP contribution is -2.41. The molecular weight excluding hydrogens is 306 g/mol. The zero-order chi connectivity index (χ0) is 16.2. The van der Waals surface area contributed by atoms with E-state index in [1.54, 1.807) is 30.3 Å². The Bertz CT molecular complexity index is 602. The van der Waals surface area contributed by atoms with Crippen LogP contribution in [0.3, 0.4) is 0 Å². The number of carbonyl (C=O) groups is 1. The lowest BCUT2D eigenvalue weighted by Gasteiger charge is -2.25. The summed E-state index contributed by atoms with van der Waals surface area (Å²) in [7, 11) is -2.15. The number of ether oxygens (including phenoxy) is 1. The first-order chi connectivity index (χ1) is 10.4. The van der Waals surface area contributed by atoms with Crippen molar-refractivity contribution in [2.75, 3.05) is 26.0 Å². The van der Waals surface area contributed by atoms with Crippen LogP contribution in [0.4, 0.5) is 0 Å². The first kappa shape index (κ1) is 16.9. The molecule has 2 atom stereocenters. The van der Waals surface area contributed by atoms with Crippen LogP contribution in [0.25, 0.3) is 0 Å². The normalized spacial score (nSPS) is 22.6. The second kappa shape index (κ2) is 7.21. The smallest absolute Gasteiger partial charge is 0.306 e. The van der Waals surface area contributed by atoms with E-state index < -0.39 is 22.0 Å². The van der Waals surface area contributed by atoms with Crippen molar-refractivity contribution < 1.29 is 23.1 Å². The van der Waals surface area contributed by atoms with E-state index in [0.717, 1.165) is 0 Å². The molecule has 1 aliphatic heterocycles. The Hall–Kier alpha value is -1.44. The van der Waals surface area contributed by atoms with Gasteiger partial charge in [-0.2, -0.15) is 0 Å². The number of methoxy groups -OCH3 is 1. The standard InChI is InChI=1S/C15H21NO5S/c1-21-15(18)8-10-16-9-7-14(17)13(16)11-22(19,20)12-5-3-2-4-6-12/h2-6,13-14,17H,7-11H2,1H3/t13-,14-/m0/s1. The van der Waals surface area contributed by atoms with Crippen molar-refractivity contribution in [3.8, 4) is 0 Å². The number of hydrogen-bond acceptors (Lipinski definition) is 6. The van der Waals surface area contributed by atoms with E-state index in [2.05, 4.69) is 4.74 Å². The quantitative estimate of drug-likeness (QED) is 0.764. The number of benzene rings is 1. The molecule has 0 saturated carbocycles. The van der Waals surface area contributed by atoms with Gasteiger partial charge in [-0.3, -0.25) is 9.69 Å². The Labute approximate surface area is 130 Å². The predicted molar refractivity (Wildman–Crippen MR) is 81.1 cm³/mol. The van der Waals surface area contributed by atoms with Gasteiger partial charge < -0.3 is 9.84 Å². The van der Waals surface area contributed by atoms with Crippen LogP contribution in [-0.4, -0.2) is 62.5 Å². The number of sulfone groups is 1. The molecule has 2 rings (SSSR count). The molecule has 122 valence electrons. The molecule has 7 heteroatoms. The predicted octanol–water partition coefficient (Wildman–Crippen LogP) is 0.459. The third kappa shape index (κ3) is 4.06. The summed E-state index contributed by atoms with van der Waals surface area (Å²) >= 11 is 0. The number of rotatable bonds is 6. The molecule has 0 radical (unpaired) electrons. The third-order valence-corrected chi connectivity index (χ3v) is 5.72. The average Bonchev–Trinajstić information content (AvgIpc) is 2.86. The zero-order valence-corrected chi connectivity index (χ0v) is 13.3. The molecule has 22 heavy (non-hydrogen) atoms. The molecule has 1 aliphatic rings. The number of likely N-dealkylation sites (tertiary alicyclic amines) is 1. The number of aliphatic hydroxyl groups is 1. The van der Waals surface area contributed by atoms with Crippen molar-refractivity contribution in [3.63, 3.8) is 0 Å². The monoisotopic (exact) mass is 327 g/mol. The Balaban J connectivity index is 2.07. The molecule has 6 nitrogen and oxygen atoms in total. The van der Waals surface area contributed by atoms with Gasteiger partial charge in [-0.25, -0.2) is 8.42 Å². The fourth-order valence-corrected chi connectivity index (χ4v) is 4.33. The molecule has 1 saturated heterocycles. The maximum Gasteiger partial charge on any atom is 0.306 e. The van der Waals surface area contributed by atoms with E-state index in [9.17, 15) is 18.3 Å². The van der Waals surface area contributed by atoms with E-state index in [0.29, 0.717) is 19.5 Å². The average molecular weight is 327 g/mol. The second-order valence-corrected chi connectivity index (χ2v) is 7.41. The van der Waals surface area contributed by atoms with Crippen LogP contribution in [0, 0.1) is 0 Å². The summed E-state index contributed by atoms with van der Waals surface area (Å²) in [4.78, 5) is 13.3. The highest BCUT2D eigenvalue weighted by Crippen LogP contribution is 2.22. The van der Waals surface area contributed by atoms with Crippen LogP contribution < -0.4 is 0 Å².